The highest BCUT2D eigenvalue weighted by molar-refractivity contribution is 9.10. The summed E-state index contributed by atoms with van der Waals surface area (Å²) in [5.74, 6) is 0.473. The first kappa shape index (κ1) is 16.4. The molecular weight excluding hydrogens is 401 g/mol. The molecule has 0 saturated carbocycles. The van der Waals surface area contributed by atoms with Gasteiger partial charge in [-0.05, 0) is 34.1 Å². The minimum Gasteiger partial charge on any atom is -0.454 e. The number of ether oxygens (including phenoxy) is 1. The molecule has 0 aromatic heterocycles. The summed E-state index contributed by atoms with van der Waals surface area (Å²) in [6, 6.07) is 7.59. The van der Waals surface area contributed by atoms with Crippen molar-refractivity contribution in [3.05, 3.63) is 44.8 Å². The fraction of sp³-hybridized carbons (Fsp3) is 0.0769. The van der Waals surface area contributed by atoms with Gasteiger partial charge in [-0.2, -0.15) is 0 Å². The van der Waals surface area contributed by atoms with Gasteiger partial charge in [-0.1, -0.05) is 29.3 Å². The Balaban J connectivity index is 2.49. The average Bonchev–Trinajstić information content (AvgIpc) is 2.36. The lowest BCUT2D eigenvalue weighted by Gasteiger charge is -2.13. The average molecular weight is 411 g/mol. The molecule has 0 aliphatic heterocycles. The molecule has 0 spiro atoms. The van der Waals surface area contributed by atoms with Crippen molar-refractivity contribution in [2.24, 2.45) is 0 Å². The van der Waals surface area contributed by atoms with Gasteiger partial charge in [-0.3, -0.25) is 0 Å². The summed E-state index contributed by atoms with van der Waals surface area (Å²) in [4.78, 5) is -0.000619. The molecular formula is C13H10BrCl2NO3S. The smallest absolute Gasteiger partial charge is 0.177 e. The van der Waals surface area contributed by atoms with Crippen molar-refractivity contribution in [3.8, 4) is 11.5 Å². The van der Waals surface area contributed by atoms with Crippen molar-refractivity contribution in [3.63, 3.8) is 0 Å². The second-order valence-electron chi connectivity index (χ2n) is 4.24. The first-order valence-corrected chi connectivity index (χ1v) is 9.05. The van der Waals surface area contributed by atoms with Gasteiger partial charge in [0.15, 0.2) is 15.6 Å². The maximum atomic E-state index is 11.6. The molecule has 8 heteroatoms. The second kappa shape index (κ2) is 6.04. The Morgan fingerprint density at radius 3 is 2.43 bits per heavy atom. The van der Waals surface area contributed by atoms with Crippen LogP contribution < -0.4 is 10.5 Å². The zero-order valence-corrected chi connectivity index (χ0v) is 14.6. The molecule has 0 fully saturated rings. The van der Waals surface area contributed by atoms with Crippen LogP contribution in [-0.4, -0.2) is 14.7 Å². The normalized spacial score (nSPS) is 11.4. The first-order chi connectivity index (χ1) is 9.70. The number of hydrogen-bond donors (Lipinski definition) is 1. The van der Waals surface area contributed by atoms with E-state index in [1.807, 2.05) is 0 Å². The first-order valence-electron chi connectivity index (χ1n) is 5.61. The lowest BCUT2D eigenvalue weighted by atomic mass is 10.3. The predicted octanol–water partition coefficient (Wildman–Crippen LogP) is 4.53. The van der Waals surface area contributed by atoms with E-state index in [0.717, 1.165) is 6.26 Å². The SMILES string of the molecule is CS(=O)(=O)c1cccc(Oc2cc(Cl)c(Br)cc2Cl)c1N. The van der Waals surface area contributed by atoms with Crippen LogP contribution in [0.2, 0.25) is 10.0 Å². The monoisotopic (exact) mass is 409 g/mol. The molecule has 2 rings (SSSR count). The Kier molecular flexibility index (Phi) is 4.72. The Hall–Kier alpha value is -0.950. The van der Waals surface area contributed by atoms with E-state index in [4.69, 9.17) is 33.7 Å². The van der Waals surface area contributed by atoms with E-state index < -0.39 is 9.84 Å². The third-order valence-corrected chi connectivity index (χ3v) is 5.27. The van der Waals surface area contributed by atoms with Crippen molar-refractivity contribution in [2.75, 3.05) is 12.0 Å². The Morgan fingerprint density at radius 2 is 1.81 bits per heavy atom. The zero-order chi connectivity index (χ0) is 15.8. The van der Waals surface area contributed by atoms with E-state index in [9.17, 15) is 8.42 Å². The van der Waals surface area contributed by atoms with Crippen LogP contribution in [0.5, 0.6) is 11.5 Å². The quantitative estimate of drug-likeness (QED) is 0.595. The van der Waals surface area contributed by atoms with Crippen LogP contribution in [0.1, 0.15) is 0 Å². The van der Waals surface area contributed by atoms with Crippen LogP contribution in [0.3, 0.4) is 0 Å². The third kappa shape index (κ3) is 3.63. The molecule has 0 atom stereocenters. The van der Waals surface area contributed by atoms with Gasteiger partial charge < -0.3 is 10.5 Å². The molecule has 2 aromatic carbocycles. The van der Waals surface area contributed by atoms with E-state index in [0.29, 0.717) is 14.5 Å². The molecule has 2 N–H and O–H groups in total. The Labute approximate surface area is 140 Å². The van der Waals surface area contributed by atoms with Gasteiger partial charge >= 0.3 is 0 Å². The molecule has 0 radical (unpaired) electrons. The highest BCUT2D eigenvalue weighted by Crippen LogP contribution is 2.39. The van der Waals surface area contributed by atoms with Gasteiger partial charge in [0, 0.05) is 16.8 Å². The topological polar surface area (TPSA) is 69.4 Å². The number of benzene rings is 2. The molecule has 0 bridgehead atoms. The summed E-state index contributed by atoms with van der Waals surface area (Å²) in [5.41, 5.74) is 5.87. The molecule has 0 aliphatic rings. The molecule has 0 heterocycles. The fourth-order valence-corrected chi connectivity index (χ4v) is 3.29. The highest BCUT2D eigenvalue weighted by Gasteiger charge is 2.16. The summed E-state index contributed by atoms with van der Waals surface area (Å²) >= 11 is 15.3. The number of anilines is 1. The molecule has 0 aliphatic carbocycles. The maximum absolute atomic E-state index is 11.6. The molecule has 0 amide bonds. The predicted molar refractivity (Wildman–Crippen MR) is 88.2 cm³/mol. The van der Waals surface area contributed by atoms with E-state index in [2.05, 4.69) is 15.9 Å². The van der Waals surface area contributed by atoms with Crippen molar-refractivity contribution in [1.29, 1.82) is 0 Å². The van der Waals surface area contributed by atoms with E-state index >= 15 is 0 Å². The van der Waals surface area contributed by atoms with Gasteiger partial charge in [-0.15, -0.1) is 0 Å². The Morgan fingerprint density at radius 1 is 1.14 bits per heavy atom. The van der Waals surface area contributed by atoms with Crippen LogP contribution in [-0.2, 0) is 9.84 Å². The molecule has 4 nitrogen and oxygen atoms in total. The van der Waals surface area contributed by atoms with Gasteiger partial charge in [0.05, 0.1) is 20.6 Å². The molecule has 21 heavy (non-hydrogen) atoms. The summed E-state index contributed by atoms with van der Waals surface area (Å²) in [5, 5.41) is 0.725. The largest absolute Gasteiger partial charge is 0.454 e. The third-order valence-electron chi connectivity index (χ3n) is 2.62. The summed E-state index contributed by atoms with van der Waals surface area (Å²) in [6.07, 6.45) is 1.08. The van der Waals surface area contributed by atoms with Crippen molar-refractivity contribution >= 4 is 54.7 Å². The van der Waals surface area contributed by atoms with E-state index in [1.54, 1.807) is 12.1 Å². The van der Waals surface area contributed by atoms with Crippen LogP contribution in [0.15, 0.2) is 39.7 Å². The number of nitrogens with two attached hydrogens (primary N) is 1. The highest BCUT2D eigenvalue weighted by atomic mass is 79.9. The standard InChI is InChI=1S/C13H10BrCl2NO3S/c1-21(18,19)12-4-2-3-10(13(12)17)20-11-6-8(15)7(14)5-9(11)16/h2-6H,17H2,1H3. The molecule has 0 unspecified atom stereocenters. The Bertz CT molecular complexity index is 809. The second-order valence-corrected chi connectivity index (χ2v) is 7.89. The van der Waals surface area contributed by atoms with Crippen LogP contribution in [0.4, 0.5) is 5.69 Å². The molecule has 0 saturated heterocycles. The number of sulfone groups is 1. The lowest BCUT2D eigenvalue weighted by molar-refractivity contribution is 0.483. The van der Waals surface area contributed by atoms with Gasteiger partial charge in [0.2, 0.25) is 0 Å². The van der Waals surface area contributed by atoms with Crippen molar-refractivity contribution < 1.29 is 13.2 Å². The van der Waals surface area contributed by atoms with Crippen molar-refractivity contribution in [2.45, 2.75) is 4.90 Å². The zero-order valence-electron chi connectivity index (χ0n) is 10.7. The summed E-state index contributed by atoms with van der Waals surface area (Å²) in [7, 11) is -3.44. The number of halogens is 3. The van der Waals surface area contributed by atoms with Gasteiger partial charge in [0.25, 0.3) is 0 Å². The number of rotatable bonds is 3. The molecule has 112 valence electrons. The van der Waals surface area contributed by atoms with E-state index in [-0.39, 0.29) is 22.1 Å². The number of para-hydroxylation sites is 1. The van der Waals surface area contributed by atoms with Gasteiger partial charge in [-0.25, -0.2) is 8.42 Å². The number of nitrogen functional groups attached to an aromatic ring is 1. The summed E-state index contributed by atoms with van der Waals surface area (Å²) < 4.78 is 29.5. The number of hydrogen-bond acceptors (Lipinski definition) is 4. The van der Waals surface area contributed by atoms with Crippen molar-refractivity contribution in [1.82, 2.24) is 0 Å². The maximum Gasteiger partial charge on any atom is 0.177 e. The molecule has 2 aromatic rings. The minimum absolute atomic E-state index is 0.000619. The van der Waals surface area contributed by atoms with Crippen LogP contribution >= 0.6 is 39.1 Å². The van der Waals surface area contributed by atoms with Crippen LogP contribution in [0, 0.1) is 0 Å². The fourth-order valence-electron chi connectivity index (χ4n) is 1.64. The van der Waals surface area contributed by atoms with Crippen LogP contribution in [0.25, 0.3) is 0 Å². The van der Waals surface area contributed by atoms with Gasteiger partial charge in [0.1, 0.15) is 5.75 Å². The minimum atomic E-state index is -3.44. The summed E-state index contributed by atoms with van der Waals surface area (Å²) in [6.45, 7) is 0. The lowest BCUT2D eigenvalue weighted by Crippen LogP contribution is -2.03. The van der Waals surface area contributed by atoms with E-state index in [1.165, 1.54) is 18.2 Å².